The van der Waals surface area contributed by atoms with Crippen molar-refractivity contribution in [2.24, 2.45) is 17.8 Å². The lowest BCUT2D eigenvalue weighted by Crippen LogP contribution is -2.56. The molecule has 12 heteroatoms. The summed E-state index contributed by atoms with van der Waals surface area (Å²) in [4.78, 5) is 65.2. The Labute approximate surface area is 235 Å². The van der Waals surface area contributed by atoms with Gasteiger partial charge in [0.25, 0.3) is 0 Å². The zero-order valence-electron chi connectivity index (χ0n) is 23.8. The molecule has 4 saturated carbocycles. The van der Waals surface area contributed by atoms with E-state index in [2.05, 4.69) is 20.7 Å². The zero-order valence-corrected chi connectivity index (χ0v) is 23.8. The molecule has 4 rings (SSSR count). The molecule has 0 aromatic rings. The van der Waals surface area contributed by atoms with Gasteiger partial charge in [-0.3, -0.25) is 14.4 Å². The molecule has 0 aromatic carbocycles. The Bertz CT molecular complexity index is 972. The van der Waals surface area contributed by atoms with Crippen molar-refractivity contribution in [3.8, 4) is 0 Å². The molecule has 4 bridgehead atoms. The highest BCUT2D eigenvalue weighted by Gasteiger charge is 2.53. The van der Waals surface area contributed by atoms with Gasteiger partial charge in [0.1, 0.15) is 17.7 Å². The predicted molar refractivity (Wildman–Crippen MR) is 143 cm³/mol. The lowest BCUT2D eigenvalue weighted by atomic mass is 9.54. The van der Waals surface area contributed by atoms with Gasteiger partial charge in [-0.2, -0.15) is 0 Å². The molecule has 0 heterocycles. The SMILES string of the molecule is CC(=O)NCCCC[C@H](NC(=O)OC12CC3CC(CC(C3)C1)C2)C(=O)N[C@@H](CCC(=O)C=[N+]=N)C(=O)OC(C)C. The minimum atomic E-state index is -1.12. The molecule has 40 heavy (non-hydrogen) atoms. The monoisotopic (exact) mass is 562 g/mol. The van der Waals surface area contributed by atoms with Crippen molar-refractivity contribution in [2.45, 2.75) is 115 Å². The van der Waals surface area contributed by atoms with E-state index >= 15 is 0 Å². The number of alkyl carbamates (subject to hydrolysis) is 1. The minimum Gasteiger partial charge on any atom is -0.461 e. The summed E-state index contributed by atoms with van der Waals surface area (Å²) in [6.45, 7) is 5.21. The number of carbonyl (C=O) groups is 5. The molecule has 0 spiro atoms. The van der Waals surface area contributed by atoms with Gasteiger partial charge in [0.05, 0.1) is 16.4 Å². The lowest BCUT2D eigenvalue weighted by Gasteiger charge is -2.55. The van der Waals surface area contributed by atoms with Gasteiger partial charge in [0.15, 0.2) is 0 Å². The van der Waals surface area contributed by atoms with Gasteiger partial charge in [-0.15, -0.1) is 0 Å². The Morgan fingerprint density at radius 1 is 0.950 bits per heavy atom. The number of nitrogens with zero attached hydrogens (tertiary/aromatic N) is 1. The van der Waals surface area contributed by atoms with E-state index < -0.39 is 47.5 Å². The van der Waals surface area contributed by atoms with Crippen molar-refractivity contribution >= 4 is 35.9 Å². The summed E-state index contributed by atoms with van der Waals surface area (Å²) in [7, 11) is 0. The summed E-state index contributed by atoms with van der Waals surface area (Å²) < 4.78 is 11.3. The molecule has 4 fully saturated rings. The van der Waals surface area contributed by atoms with Crippen LogP contribution in [0.4, 0.5) is 4.79 Å². The summed E-state index contributed by atoms with van der Waals surface area (Å²) in [5.74, 6) is -0.136. The van der Waals surface area contributed by atoms with Gasteiger partial charge >= 0.3 is 18.3 Å². The second kappa shape index (κ2) is 14.4. The van der Waals surface area contributed by atoms with Crippen LogP contribution in [-0.4, -0.2) is 71.0 Å². The average Bonchev–Trinajstić information content (AvgIpc) is 2.83. The third-order valence-corrected chi connectivity index (χ3v) is 8.03. The van der Waals surface area contributed by atoms with E-state index in [1.165, 1.54) is 26.2 Å². The molecule has 0 aliphatic heterocycles. The van der Waals surface area contributed by atoms with Crippen LogP contribution in [0.5, 0.6) is 0 Å². The van der Waals surface area contributed by atoms with Crippen LogP contribution in [0.2, 0.25) is 0 Å². The van der Waals surface area contributed by atoms with Gasteiger partial charge in [-0.1, -0.05) is 0 Å². The molecule has 0 radical (unpaired) electrons. The third-order valence-electron chi connectivity index (χ3n) is 8.03. The van der Waals surface area contributed by atoms with E-state index in [0.29, 0.717) is 37.1 Å². The highest BCUT2D eigenvalue weighted by Crippen LogP contribution is 2.57. The highest BCUT2D eigenvalue weighted by atomic mass is 16.6. The van der Waals surface area contributed by atoms with Crippen LogP contribution in [0.15, 0.2) is 0 Å². The third kappa shape index (κ3) is 9.43. The fourth-order valence-electron chi connectivity index (χ4n) is 6.79. The van der Waals surface area contributed by atoms with Gasteiger partial charge in [-0.05, 0) is 95.8 Å². The Hall–Kier alpha value is -3.27. The number of esters is 1. The summed E-state index contributed by atoms with van der Waals surface area (Å²) >= 11 is 0. The van der Waals surface area contributed by atoms with Crippen LogP contribution >= 0.6 is 0 Å². The van der Waals surface area contributed by atoms with Crippen LogP contribution < -0.4 is 16.0 Å². The summed E-state index contributed by atoms with van der Waals surface area (Å²) in [5.41, 5.74) is 6.33. The standard InChI is InChI=1S/C28H43N5O7/c1-17(2)39-26(37)24(8-7-22(35)16-31-29)32-25(36)23(6-4-5-9-30-18(3)34)33-27(38)40-28-13-19-10-20(14-28)12-21(11-19)15-28/h16-17,19-21,23-24,29H,4-15H2,1-3H3,(H2-,30,32,33,34,36,38)/p+1/t19?,20?,21?,23-,24-,28?/m0/s1. The number of unbranched alkanes of at least 4 members (excludes halogenated alkanes) is 1. The number of Topliss-reactive ketones (excluding diaryl/α,β-unsaturated/α-hetero) is 1. The van der Waals surface area contributed by atoms with E-state index in [-0.39, 0.29) is 25.2 Å². The molecule has 4 aliphatic rings. The first-order valence-electron chi connectivity index (χ1n) is 14.5. The number of amides is 3. The van der Waals surface area contributed by atoms with Gasteiger partial charge < -0.3 is 25.4 Å². The molecule has 0 unspecified atom stereocenters. The van der Waals surface area contributed by atoms with E-state index in [9.17, 15) is 24.0 Å². The fourth-order valence-corrected chi connectivity index (χ4v) is 6.79. The molecular formula is C28H44N5O7+. The van der Waals surface area contributed by atoms with Gasteiger partial charge in [0, 0.05) is 19.9 Å². The second-order valence-corrected chi connectivity index (χ2v) is 12.0. The number of carbonyl (C=O) groups excluding carboxylic acids is 5. The van der Waals surface area contributed by atoms with Gasteiger partial charge in [-0.25, -0.2) is 9.59 Å². The normalized spacial score (nSPS) is 25.8. The summed E-state index contributed by atoms with van der Waals surface area (Å²) in [6.07, 6.45) is 7.15. The van der Waals surface area contributed by atoms with E-state index in [0.717, 1.165) is 25.5 Å². The number of ketones is 1. The van der Waals surface area contributed by atoms with Crippen molar-refractivity contribution in [2.75, 3.05) is 6.54 Å². The number of nitrogens with one attached hydrogen (secondary N) is 4. The predicted octanol–water partition coefficient (Wildman–Crippen LogP) is 2.45. The minimum absolute atomic E-state index is 0.0465. The van der Waals surface area contributed by atoms with Crippen LogP contribution in [0.25, 0.3) is 0 Å². The highest BCUT2D eigenvalue weighted by molar-refractivity contribution is 6.25. The fraction of sp³-hybridized carbons (Fsp3) is 0.786. The van der Waals surface area contributed by atoms with E-state index in [4.69, 9.17) is 15.0 Å². The van der Waals surface area contributed by atoms with Crippen molar-refractivity contribution < 1.29 is 38.2 Å². The van der Waals surface area contributed by atoms with Crippen LogP contribution in [0, 0.1) is 23.3 Å². The number of hydrogen-bond donors (Lipinski definition) is 4. The maximum absolute atomic E-state index is 13.4. The molecular weight excluding hydrogens is 518 g/mol. The molecule has 0 saturated heterocycles. The first-order chi connectivity index (χ1) is 19.0. The van der Waals surface area contributed by atoms with Crippen molar-refractivity contribution in [3.05, 3.63) is 0 Å². The van der Waals surface area contributed by atoms with Crippen molar-refractivity contribution in [1.82, 2.24) is 16.0 Å². The quantitative estimate of drug-likeness (QED) is 0.0778. The van der Waals surface area contributed by atoms with E-state index in [1.807, 2.05) is 0 Å². The second-order valence-electron chi connectivity index (χ2n) is 12.0. The van der Waals surface area contributed by atoms with E-state index in [1.54, 1.807) is 13.8 Å². The summed E-state index contributed by atoms with van der Waals surface area (Å²) in [5, 5.41) is 8.09. The summed E-state index contributed by atoms with van der Waals surface area (Å²) in [6, 6.07) is -2.11. The first-order valence-corrected chi connectivity index (χ1v) is 14.5. The molecule has 12 nitrogen and oxygen atoms in total. The smallest absolute Gasteiger partial charge is 0.408 e. The molecule has 3 amide bonds. The molecule has 0 aromatic heterocycles. The first kappa shape index (κ1) is 31.3. The largest absolute Gasteiger partial charge is 0.461 e. The van der Waals surface area contributed by atoms with Crippen molar-refractivity contribution in [1.29, 1.82) is 5.53 Å². The maximum atomic E-state index is 13.4. The number of hydrogen-bond acceptors (Lipinski definition) is 8. The maximum Gasteiger partial charge on any atom is 0.408 e. The van der Waals surface area contributed by atoms with Crippen LogP contribution in [0.1, 0.15) is 91.4 Å². The Morgan fingerprint density at radius 3 is 2.12 bits per heavy atom. The molecule has 2 atom stereocenters. The number of rotatable bonds is 15. The van der Waals surface area contributed by atoms with Crippen LogP contribution in [0.3, 0.4) is 0 Å². The topological polar surface area (TPSA) is 178 Å². The molecule has 4 aliphatic carbocycles. The number of ether oxygens (including phenoxy) is 2. The van der Waals surface area contributed by atoms with Crippen LogP contribution in [-0.2, 0) is 28.7 Å². The zero-order chi connectivity index (χ0) is 29.3. The Kier molecular flexibility index (Phi) is 11.2. The average molecular weight is 563 g/mol. The van der Waals surface area contributed by atoms with Crippen molar-refractivity contribution in [3.63, 3.8) is 0 Å². The molecule has 222 valence electrons. The lowest BCUT2D eigenvalue weighted by molar-refractivity contribution is -0.152. The Balaban J connectivity index is 1.66. The van der Waals surface area contributed by atoms with Gasteiger partial charge in [0.2, 0.25) is 17.6 Å². The molecule has 4 N–H and O–H groups in total. The Morgan fingerprint density at radius 2 is 1.57 bits per heavy atom.